The van der Waals surface area contributed by atoms with Crippen LogP contribution in [0.3, 0.4) is 0 Å². The molecular formula is C13H13ClN2O3. The SMILES string of the molecule is Cc1noc(N)c1C(=O)OC(C)c1ccccc1Cl. The highest BCUT2D eigenvalue weighted by Crippen LogP contribution is 2.27. The molecule has 0 spiro atoms. The first kappa shape index (κ1) is 13.4. The number of nitrogen functional groups attached to an aromatic ring is 1. The van der Waals surface area contributed by atoms with Crippen molar-refractivity contribution in [3.05, 3.63) is 46.1 Å². The van der Waals surface area contributed by atoms with E-state index in [9.17, 15) is 4.79 Å². The molecule has 1 aromatic heterocycles. The lowest BCUT2D eigenvalue weighted by molar-refractivity contribution is 0.0338. The lowest BCUT2D eigenvalue weighted by Gasteiger charge is -2.14. The first-order valence-electron chi connectivity index (χ1n) is 5.68. The van der Waals surface area contributed by atoms with Crippen molar-refractivity contribution < 1.29 is 14.1 Å². The number of rotatable bonds is 3. The molecule has 0 amide bonds. The Morgan fingerprint density at radius 1 is 1.47 bits per heavy atom. The van der Waals surface area contributed by atoms with Crippen molar-refractivity contribution in [1.29, 1.82) is 0 Å². The van der Waals surface area contributed by atoms with Crippen LogP contribution in [-0.2, 0) is 4.74 Å². The van der Waals surface area contributed by atoms with Crippen LogP contribution in [0.4, 0.5) is 5.88 Å². The fraction of sp³-hybridized carbons (Fsp3) is 0.231. The summed E-state index contributed by atoms with van der Waals surface area (Å²) in [6.07, 6.45) is -0.491. The second-order valence-corrected chi connectivity index (χ2v) is 4.48. The van der Waals surface area contributed by atoms with E-state index in [1.165, 1.54) is 0 Å². The normalized spacial score (nSPS) is 12.2. The third-order valence-corrected chi connectivity index (χ3v) is 3.06. The number of halogens is 1. The highest BCUT2D eigenvalue weighted by atomic mass is 35.5. The maximum atomic E-state index is 12.0. The molecule has 6 heteroatoms. The minimum Gasteiger partial charge on any atom is -0.454 e. The summed E-state index contributed by atoms with van der Waals surface area (Å²) < 4.78 is 10.0. The Bertz CT molecular complexity index is 590. The molecule has 1 unspecified atom stereocenters. The molecule has 0 aliphatic carbocycles. The summed E-state index contributed by atoms with van der Waals surface area (Å²) >= 11 is 6.04. The van der Waals surface area contributed by atoms with Gasteiger partial charge in [-0.25, -0.2) is 4.79 Å². The van der Waals surface area contributed by atoms with Gasteiger partial charge >= 0.3 is 5.97 Å². The van der Waals surface area contributed by atoms with Crippen LogP contribution in [0.5, 0.6) is 0 Å². The van der Waals surface area contributed by atoms with E-state index in [1.54, 1.807) is 26.0 Å². The van der Waals surface area contributed by atoms with Crippen molar-refractivity contribution in [1.82, 2.24) is 5.16 Å². The standard InChI is InChI=1S/C13H13ClN2O3/c1-7-11(12(15)19-16-7)13(17)18-8(2)9-5-3-4-6-10(9)14/h3-6,8H,15H2,1-2H3. The van der Waals surface area contributed by atoms with Gasteiger partial charge in [0.25, 0.3) is 0 Å². The van der Waals surface area contributed by atoms with E-state index in [0.29, 0.717) is 10.7 Å². The number of hydrogen-bond donors (Lipinski definition) is 1. The summed E-state index contributed by atoms with van der Waals surface area (Å²) in [6, 6.07) is 7.16. The summed E-state index contributed by atoms with van der Waals surface area (Å²) in [5.74, 6) is -0.627. The van der Waals surface area contributed by atoms with Crippen LogP contribution in [0.2, 0.25) is 5.02 Å². The molecule has 2 aromatic rings. The number of hydrogen-bond acceptors (Lipinski definition) is 5. The van der Waals surface area contributed by atoms with Gasteiger partial charge in [-0.2, -0.15) is 0 Å². The van der Waals surface area contributed by atoms with Crippen molar-refractivity contribution in [2.45, 2.75) is 20.0 Å². The Morgan fingerprint density at radius 3 is 2.74 bits per heavy atom. The molecule has 2 rings (SSSR count). The minimum atomic E-state index is -0.580. The summed E-state index contributed by atoms with van der Waals surface area (Å²) in [5, 5.41) is 4.15. The molecule has 19 heavy (non-hydrogen) atoms. The van der Waals surface area contributed by atoms with E-state index in [4.69, 9.17) is 26.6 Å². The summed E-state index contributed by atoms with van der Waals surface area (Å²) in [6.45, 7) is 3.36. The predicted octanol–water partition coefficient (Wildman–Crippen LogP) is 3.14. The molecule has 1 aromatic carbocycles. The van der Waals surface area contributed by atoms with Crippen LogP contribution in [0, 0.1) is 6.92 Å². The van der Waals surface area contributed by atoms with Crippen molar-refractivity contribution >= 4 is 23.5 Å². The molecule has 1 atom stereocenters. The number of aryl methyl sites for hydroxylation is 1. The maximum Gasteiger partial charge on any atom is 0.346 e. The number of aromatic nitrogens is 1. The van der Waals surface area contributed by atoms with Gasteiger partial charge in [-0.3, -0.25) is 0 Å². The maximum absolute atomic E-state index is 12.0. The average molecular weight is 281 g/mol. The zero-order chi connectivity index (χ0) is 14.0. The minimum absolute atomic E-state index is 0.0474. The number of carbonyl (C=O) groups excluding carboxylic acids is 1. The second kappa shape index (κ2) is 5.32. The first-order valence-corrected chi connectivity index (χ1v) is 6.05. The lowest BCUT2D eigenvalue weighted by Crippen LogP contribution is -2.11. The van der Waals surface area contributed by atoms with E-state index >= 15 is 0 Å². The Labute approximate surface area is 115 Å². The number of benzene rings is 1. The fourth-order valence-electron chi connectivity index (χ4n) is 1.72. The first-order chi connectivity index (χ1) is 9.00. The van der Waals surface area contributed by atoms with Crippen LogP contribution < -0.4 is 5.73 Å². The zero-order valence-corrected chi connectivity index (χ0v) is 11.3. The molecule has 0 saturated heterocycles. The van der Waals surface area contributed by atoms with E-state index < -0.39 is 12.1 Å². The quantitative estimate of drug-likeness (QED) is 0.874. The number of carbonyl (C=O) groups is 1. The summed E-state index contributed by atoms with van der Waals surface area (Å²) in [7, 11) is 0. The highest BCUT2D eigenvalue weighted by Gasteiger charge is 2.23. The van der Waals surface area contributed by atoms with Crippen molar-refractivity contribution in [2.75, 3.05) is 5.73 Å². The van der Waals surface area contributed by atoms with Gasteiger partial charge in [-0.05, 0) is 19.9 Å². The van der Waals surface area contributed by atoms with Gasteiger partial charge in [0.2, 0.25) is 5.88 Å². The molecule has 0 saturated carbocycles. The fourth-order valence-corrected chi connectivity index (χ4v) is 2.01. The number of anilines is 1. The van der Waals surface area contributed by atoms with E-state index in [-0.39, 0.29) is 11.4 Å². The number of nitrogens with two attached hydrogens (primary N) is 1. The molecule has 0 bridgehead atoms. The molecule has 0 fully saturated rings. The Balaban J connectivity index is 2.18. The third-order valence-electron chi connectivity index (χ3n) is 2.72. The van der Waals surface area contributed by atoms with E-state index in [2.05, 4.69) is 5.16 Å². The van der Waals surface area contributed by atoms with Crippen LogP contribution in [0.15, 0.2) is 28.8 Å². The van der Waals surface area contributed by atoms with Crippen LogP contribution in [-0.4, -0.2) is 11.1 Å². The Hall–Kier alpha value is -2.01. The van der Waals surface area contributed by atoms with Crippen LogP contribution >= 0.6 is 11.6 Å². The molecule has 1 heterocycles. The highest BCUT2D eigenvalue weighted by molar-refractivity contribution is 6.31. The smallest absolute Gasteiger partial charge is 0.346 e. The molecule has 0 aliphatic rings. The number of esters is 1. The van der Waals surface area contributed by atoms with Gasteiger partial charge in [0.15, 0.2) is 0 Å². The summed E-state index contributed by atoms with van der Waals surface area (Å²) in [4.78, 5) is 12.0. The Kier molecular flexibility index (Phi) is 3.76. The molecule has 100 valence electrons. The van der Waals surface area contributed by atoms with Crippen molar-refractivity contribution in [2.24, 2.45) is 0 Å². The molecule has 5 nitrogen and oxygen atoms in total. The van der Waals surface area contributed by atoms with Gasteiger partial charge in [0.1, 0.15) is 11.7 Å². The van der Waals surface area contributed by atoms with Gasteiger partial charge < -0.3 is 15.0 Å². The van der Waals surface area contributed by atoms with Crippen LogP contribution in [0.1, 0.15) is 34.6 Å². The van der Waals surface area contributed by atoms with Gasteiger partial charge in [0.05, 0.1) is 5.69 Å². The van der Waals surface area contributed by atoms with Crippen molar-refractivity contribution in [3.63, 3.8) is 0 Å². The second-order valence-electron chi connectivity index (χ2n) is 4.08. The lowest BCUT2D eigenvalue weighted by atomic mass is 10.1. The zero-order valence-electron chi connectivity index (χ0n) is 10.5. The summed E-state index contributed by atoms with van der Waals surface area (Å²) in [5.41, 5.74) is 6.81. The largest absolute Gasteiger partial charge is 0.454 e. The average Bonchev–Trinajstić information content (AvgIpc) is 2.69. The number of ether oxygens (including phenoxy) is 1. The van der Waals surface area contributed by atoms with Gasteiger partial charge in [-0.1, -0.05) is 35.0 Å². The molecule has 2 N–H and O–H groups in total. The molecule has 0 radical (unpaired) electrons. The topological polar surface area (TPSA) is 78.4 Å². The van der Waals surface area contributed by atoms with Gasteiger partial charge in [0, 0.05) is 10.6 Å². The van der Waals surface area contributed by atoms with Gasteiger partial charge in [-0.15, -0.1) is 0 Å². The monoisotopic (exact) mass is 280 g/mol. The van der Waals surface area contributed by atoms with Crippen LogP contribution in [0.25, 0.3) is 0 Å². The Morgan fingerprint density at radius 2 is 2.16 bits per heavy atom. The molecular weight excluding hydrogens is 268 g/mol. The number of nitrogens with zero attached hydrogens (tertiary/aromatic N) is 1. The third kappa shape index (κ3) is 2.71. The van der Waals surface area contributed by atoms with Crippen molar-refractivity contribution in [3.8, 4) is 0 Å². The molecule has 0 aliphatic heterocycles. The van der Waals surface area contributed by atoms with E-state index in [0.717, 1.165) is 5.56 Å². The van der Waals surface area contributed by atoms with E-state index in [1.807, 2.05) is 12.1 Å². The predicted molar refractivity (Wildman–Crippen MR) is 70.9 cm³/mol.